The van der Waals surface area contributed by atoms with Gasteiger partial charge in [-0.15, -0.1) is 0 Å². The summed E-state index contributed by atoms with van der Waals surface area (Å²) in [6, 6.07) is 25.3. The molecule has 3 aromatic carbocycles. The summed E-state index contributed by atoms with van der Waals surface area (Å²) < 4.78 is 12.3. The molecule has 0 unspecified atom stereocenters. The molecule has 2 saturated carbocycles. The summed E-state index contributed by atoms with van der Waals surface area (Å²) in [7, 11) is 0. The summed E-state index contributed by atoms with van der Waals surface area (Å²) in [6.45, 7) is 3.63. The largest absolute Gasteiger partial charge is 0.458 e. The molecule has 0 amide bonds. The maximum atomic E-state index is 13.1. The fourth-order valence-corrected chi connectivity index (χ4v) is 6.78. The SMILES string of the molecule is C=NC1CCC(c2ccc(C(=O)O[C@H](COC(=O)c3ccc(C4CCC(I)CC4)cc3)c3ccccc3)cc2)CC1. The van der Waals surface area contributed by atoms with Gasteiger partial charge < -0.3 is 9.47 Å². The number of nitrogens with zero attached hydrogens (tertiary/aromatic N) is 1. The van der Waals surface area contributed by atoms with E-state index in [9.17, 15) is 9.59 Å². The quantitative estimate of drug-likeness (QED) is 0.0996. The highest BCUT2D eigenvalue weighted by atomic mass is 127. The molecular weight excluding hydrogens is 625 g/mol. The number of benzene rings is 3. The Hall–Kier alpha value is -3.00. The number of hydrogen-bond donors (Lipinski definition) is 0. The van der Waals surface area contributed by atoms with Gasteiger partial charge in [-0.3, -0.25) is 4.99 Å². The Morgan fingerprint density at radius 1 is 0.732 bits per heavy atom. The van der Waals surface area contributed by atoms with Gasteiger partial charge in [0.05, 0.1) is 11.1 Å². The number of alkyl halides is 1. The molecule has 1 atom stereocenters. The standard InChI is InChI=1S/C35H38INO4/c1-37-32-21-17-27(18-22-32)25-9-13-30(14-10-25)35(39)41-33(28-5-3-2-4-6-28)23-40-34(38)29-11-7-24(8-12-29)26-15-19-31(36)20-16-26/h2-14,26-27,31-33H,1,15-23H2/t26?,27?,31?,32?,33-/m1/s1. The van der Waals surface area contributed by atoms with E-state index in [1.54, 1.807) is 0 Å². The molecule has 0 saturated heterocycles. The number of aliphatic imine (C=N–C) groups is 1. The maximum absolute atomic E-state index is 13.1. The van der Waals surface area contributed by atoms with Crippen LogP contribution in [0.3, 0.4) is 0 Å². The van der Waals surface area contributed by atoms with Gasteiger partial charge in [0.15, 0.2) is 6.10 Å². The van der Waals surface area contributed by atoms with Crippen molar-refractivity contribution in [1.29, 1.82) is 0 Å². The van der Waals surface area contributed by atoms with Crippen LogP contribution in [0.1, 0.15) is 107 Å². The monoisotopic (exact) mass is 663 g/mol. The van der Waals surface area contributed by atoms with Crippen LogP contribution in [0.5, 0.6) is 0 Å². The molecule has 0 radical (unpaired) electrons. The van der Waals surface area contributed by atoms with Gasteiger partial charge >= 0.3 is 11.9 Å². The topological polar surface area (TPSA) is 65.0 Å². The molecule has 5 nitrogen and oxygen atoms in total. The van der Waals surface area contributed by atoms with Crippen LogP contribution in [-0.4, -0.2) is 35.2 Å². The molecule has 0 aromatic heterocycles. The molecule has 41 heavy (non-hydrogen) atoms. The molecule has 2 aliphatic carbocycles. The Labute approximate surface area is 256 Å². The maximum Gasteiger partial charge on any atom is 0.338 e. The smallest absolute Gasteiger partial charge is 0.338 e. The number of esters is 2. The summed E-state index contributed by atoms with van der Waals surface area (Å²) in [5.41, 5.74) is 4.28. The van der Waals surface area contributed by atoms with Crippen LogP contribution < -0.4 is 0 Å². The third kappa shape index (κ3) is 7.85. The average molecular weight is 664 g/mol. The molecule has 0 heterocycles. The van der Waals surface area contributed by atoms with Gasteiger partial charge in [0, 0.05) is 9.97 Å². The second kappa shape index (κ2) is 14.3. The van der Waals surface area contributed by atoms with E-state index in [-0.39, 0.29) is 6.61 Å². The minimum atomic E-state index is -0.711. The molecule has 214 valence electrons. The predicted molar refractivity (Wildman–Crippen MR) is 171 cm³/mol. The minimum absolute atomic E-state index is 0.0608. The van der Waals surface area contributed by atoms with Crippen LogP contribution in [0.2, 0.25) is 0 Å². The first kappa shape index (κ1) is 29.5. The van der Waals surface area contributed by atoms with E-state index >= 15 is 0 Å². The lowest BCUT2D eigenvalue weighted by atomic mass is 9.82. The number of rotatable bonds is 9. The second-order valence-corrected chi connectivity index (χ2v) is 13.0. The number of carbonyl (C=O) groups excluding carboxylic acids is 2. The Morgan fingerprint density at radius 2 is 1.24 bits per heavy atom. The van der Waals surface area contributed by atoms with Gasteiger partial charge in [-0.1, -0.05) is 77.2 Å². The fraction of sp³-hybridized carbons (Fsp3) is 0.400. The zero-order valence-electron chi connectivity index (χ0n) is 23.4. The van der Waals surface area contributed by atoms with Gasteiger partial charge in [-0.25, -0.2) is 9.59 Å². The summed E-state index contributed by atoms with van der Waals surface area (Å²) in [4.78, 5) is 30.2. The third-order valence-corrected chi connectivity index (χ3v) is 9.88. The van der Waals surface area contributed by atoms with E-state index in [1.807, 2.05) is 66.7 Å². The Morgan fingerprint density at radius 3 is 1.78 bits per heavy atom. The Balaban J connectivity index is 1.20. The Kier molecular flexibility index (Phi) is 10.3. The van der Waals surface area contributed by atoms with Gasteiger partial charge in [-0.05, 0) is 111 Å². The van der Waals surface area contributed by atoms with Crippen molar-refractivity contribution in [2.45, 2.75) is 79.3 Å². The van der Waals surface area contributed by atoms with Crippen molar-refractivity contribution in [2.75, 3.05) is 6.61 Å². The number of halogens is 1. The van der Waals surface area contributed by atoms with Crippen LogP contribution in [-0.2, 0) is 9.47 Å². The van der Waals surface area contributed by atoms with Crippen molar-refractivity contribution < 1.29 is 19.1 Å². The molecule has 5 rings (SSSR count). The Bertz CT molecular complexity index is 1290. The zero-order valence-corrected chi connectivity index (χ0v) is 25.6. The normalized spacial score (nSPS) is 23.2. The number of carbonyl (C=O) groups is 2. The van der Waals surface area contributed by atoms with Gasteiger partial charge in [0.25, 0.3) is 0 Å². The number of hydrogen-bond acceptors (Lipinski definition) is 5. The first-order chi connectivity index (χ1) is 20.0. The second-order valence-electron chi connectivity index (χ2n) is 11.3. The van der Waals surface area contributed by atoms with E-state index in [0.717, 1.165) is 35.2 Å². The van der Waals surface area contributed by atoms with Crippen molar-refractivity contribution in [3.8, 4) is 0 Å². The van der Waals surface area contributed by atoms with E-state index < -0.39 is 18.0 Å². The van der Waals surface area contributed by atoms with E-state index in [4.69, 9.17) is 9.47 Å². The fourth-order valence-electron chi connectivity index (χ4n) is 6.06. The van der Waals surface area contributed by atoms with E-state index in [1.165, 1.54) is 36.8 Å². The van der Waals surface area contributed by atoms with Gasteiger partial charge in [0.2, 0.25) is 0 Å². The predicted octanol–water partition coefficient (Wildman–Crippen LogP) is 8.63. The van der Waals surface area contributed by atoms with Crippen molar-refractivity contribution in [1.82, 2.24) is 0 Å². The molecule has 6 heteroatoms. The summed E-state index contributed by atoms with van der Waals surface area (Å²) >= 11 is 2.54. The molecule has 2 fully saturated rings. The van der Waals surface area contributed by atoms with Crippen LogP contribution in [0.15, 0.2) is 83.9 Å². The average Bonchev–Trinajstić information content (AvgIpc) is 3.04. The number of ether oxygens (including phenoxy) is 2. The molecule has 0 spiro atoms. The first-order valence-corrected chi connectivity index (χ1v) is 16.0. The minimum Gasteiger partial charge on any atom is -0.458 e. The highest BCUT2D eigenvalue weighted by Crippen LogP contribution is 2.36. The summed E-state index contributed by atoms with van der Waals surface area (Å²) in [6.07, 6.45) is 8.43. The molecule has 2 aliphatic rings. The summed E-state index contributed by atoms with van der Waals surface area (Å²) in [5, 5.41) is 0. The molecule has 0 N–H and O–H groups in total. The van der Waals surface area contributed by atoms with Crippen molar-refractivity contribution >= 4 is 41.2 Å². The lowest BCUT2D eigenvalue weighted by molar-refractivity contribution is -0.00133. The molecule has 0 aliphatic heterocycles. The van der Waals surface area contributed by atoms with Crippen LogP contribution in [0.4, 0.5) is 0 Å². The van der Waals surface area contributed by atoms with Gasteiger partial charge in [0.1, 0.15) is 6.61 Å². The highest BCUT2D eigenvalue weighted by Gasteiger charge is 2.24. The summed E-state index contributed by atoms with van der Waals surface area (Å²) in [5.74, 6) is 0.183. The van der Waals surface area contributed by atoms with Crippen molar-refractivity contribution in [3.05, 3.63) is 107 Å². The molecular formula is C35H38INO4. The lowest BCUT2D eigenvalue weighted by Gasteiger charge is -2.26. The molecule has 3 aromatic rings. The van der Waals surface area contributed by atoms with E-state index in [0.29, 0.717) is 29.0 Å². The highest BCUT2D eigenvalue weighted by molar-refractivity contribution is 14.1. The van der Waals surface area contributed by atoms with Crippen molar-refractivity contribution in [3.63, 3.8) is 0 Å². The lowest BCUT2D eigenvalue weighted by Crippen LogP contribution is -2.19. The van der Waals surface area contributed by atoms with Crippen molar-refractivity contribution in [2.24, 2.45) is 4.99 Å². The van der Waals surface area contributed by atoms with Gasteiger partial charge in [-0.2, -0.15) is 0 Å². The first-order valence-electron chi connectivity index (χ1n) is 14.7. The van der Waals surface area contributed by atoms with Crippen LogP contribution in [0, 0.1) is 0 Å². The van der Waals surface area contributed by atoms with Crippen LogP contribution in [0.25, 0.3) is 0 Å². The molecule has 0 bridgehead atoms. The zero-order chi connectivity index (χ0) is 28.6. The van der Waals surface area contributed by atoms with E-state index in [2.05, 4.69) is 46.4 Å². The third-order valence-electron chi connectivity index (χ3n) is 8.63. The van der Waals surface area contributed by atoms with Crippen LogP contribution >= 0.6 is 22.6 Å².